The Bertz CT molecular complexity index is 736. The molecule has 4 nitrogen and oxygen atoms in total. The van der Waals surface area contributed by atoms with E-state index in [0.717, 1.165) is 16.8 Å². The van der Waals surface area contributed by atoms with Crippen LogP contribution in [-0.4, -0.2) is 24.8 Å². The highest BCUT2D eigenvalue weighted by Gasteiger charge is 2.30. The van der Waals surface area contributed by atoms with Crippen molar-refractivity contribution >= 4 is 11.6 Å². The van der Waals surface area contributed by atoms with Crippen LogP contribution in [0, 0.1) is 0 Å². The van der Waals surface area contributed by atoms with Crippen molar-refractivity contribution in [3.05, 3.63) is 83.9 Å². The maximum atomic E-state index is 11.0. The summed E-state index contributed by atoms with van der Waals surface area (Å²) < 4.78 is 5.54. The quantitative estimate of drug-likeness (QED) is 0.600. The first-order chi connectivity index (χ1) is 11.8. The van der Waals surface area contributed by atoms with Crippen LogP contribution in [0.2, 0.25) is 0 Å². The molecule has 1 atom stereocenters. The molecule has 3 rings (SSSR count). The van der Waals surface area contributed by atoms with Crippen molar-refractivity contribution in [1.29, 1.82) is 0 Å². The minimum absolute atomic E-state index is 0.180. The van der Waals surface area contributed by atoms with Gasteiger partial charge in [0.2, 0.25) is 5.91 Å². The third-order valence-corrected chi connectivity index (χ3v) is 3.82. The Labute approximate surface area is 141 Å². The van der Waals surface area contributed by atoms with Crippen LogP contribution in [0.1, 0.15) is 22.7 Å². The predicted octanol–water partition coefficient (Wildman–Crippen LogP) is 3.05. The third-order valence-electron chi connectivity index (χ3n) is 3.82. The molecule has 0 radical (unpaired) electrons. The Morgan fingerprint density at radius 3 is 2.62 bits per heavy atom. The smallest absolute Gasteiger partial charge is 0.243 e. The molecule has 24 heavy (non-hydrogen) atoms. The van der Waals surface area contributed by atoms with Crippen LogP contribution in [0.4, 0.5) is 0 Å². The van der Waals surface area contributed by atoms with E-state index < -0.39 is 0 Å². The Hall–Kier alpha value is -2.72. The van der Waals surface area contributed by atoms with Crippen molar-refractivity contribution in [2.24, 2.45) is 4.99 Å². The van der Waals surface area contributed by atoms with E-state index in [-0.39, 0.29) is 11.9 Å². The van der Waals surface area contributed by atoms with Crippen LogP contribution in [0.15, 0.2) is 72.2 Å². The molecule has 1 aliphatic rings. The van der Waals surface area contributed by atoms with Crippen molar-refractivity contribution in [2.45, 2.75) is 12.6 Å². The van der Waals surface area contributed by atoms with Gasteiger partial charge in [0.15, 0.2) is 0 Å². The topological polar surface area (TPSA) is 50.7 Å². The van der Waals surface area contributed by atoms with Gasteiger partial charge in [-0.2, -0.15) is 0 Å². The van der Waals surface area contributed by atoms with Gasteiger partial charge in [-0.05, 0) is 22.8 Å². The van der Waals surface area contributed by atoms with Gasteiger partial charge in [0.25, 0.3) is 0 Å². The van der Waals surface area contributed by atoms with E-state index in [1.807, 2.05) is 18.2 Å². The van der Waals surface area contributed by atoms with Crippen molar-refractivity contribution in [3.8, 4) is 0 Å². The largest absolute Gasteiger partial charge is 0.375 e. The molecule has 0 fully saturated rings. The van der Waals surface area contributed by atoms with E-state index in [1.54, 1.807) is 0 Å². The molecule has 2 aromatic rings. The normalized spacial score (nSPS) is 15.5. The lowest BCUT2D eigenvalue weighted by atomic mass is 10.0. The van der Waals surface area contributed by atoms with Gasteiger partial charge in [0, 0.05) is 6.54 Å². The molecule has 1 amide bonds. The van der Waals surface area contributed by atoms with Crippen LogP contribution in [0.3, 0.4) is 0 Å². The molecule has 0 saturated carbocycles. The number of hydrogen-bond donors (Lipinski definition) is 1. The van der Waals surface area contributed by atoms with Crippen molar-refractivity contribution in [3.63, 3.8) is 0 Å². The predicted molar refractivity (Wildman–Crippen MR) is 95.0 cm³/mol. The van der Waals surface area contributed by atoms with Crippen molar-refractivity contribution in [1.82, 2.24) is 5.32 Å². The second kappa shape index (κ2) is 7.70. The Morgan fingerprint density at radius 1 is 1.17 bits per heavy atom. The van der Waals surface area contributed by atoms with Gasteiger partial charge in [0.1, 0.15) is 6.04 Å². The molecule has 1 heterocycles. The molecule has 1 aliphatic heterocycles. The van der Waals surface area contributed by atoms with Gasteiger partial charge in [-0.15, -0.1) is 0 Å². The number of nitrogens with one attached hydrogen (secondary N) is 1. The number of nitrogens with zero attached hydrogens (tertiary/aromatic N) is 1. The molecule has 0 bridgehead atoms. The van der Waals surface area contributed by atoms with Gasteiger partial charge < -0.3 is 10.1 Å². The zero-order valence-corrected chi connectivity index (χ0v) is 13.4. The van der Waals surface area contributed by atoms with Gasteiger partial charge >= 0.3 is 0 Å². The molecule has 4 heteroatoms. The first-order valence-corrected chi connectivity index (χ1v) is 7.98. The second-order valence-corrected chi connectivity index (χ2v) is 5.57. The number of amides is 1. The summed E-state index contributed by atoms with van der Waals surface area (Å²) in [6.45, 7) is 4.88. The fourth-order valence-electron chi connectivity index (χ4n) is 2.48. The average molecular weight is 320 g/mol. The van der Waals surface area contributed by atoms with Crippen LogP contribution in [-0.2, 0) is 16.1 Å². The Kier molecular flexibility index (Phi) is 5.18. The third kappa shape index (κ3) is 4.18. The standard InChI is InChI=1S/C20H20N2O2/c1-2-18(23)21-12-13-24-14-15-8-10-17(11-9-15)20-19(22-20)16-6-4-3-5-7-16/h2-11,19H,1,12-14H2,(H,21,23). The first-order valence-electron chi connectivity index (χ1n) is 7.98. The van der Waals surface area contributed by atoms with E-state index in [9.17, 15) is 4.79 Å². The maximum absolute atomic E-state index is 11.0. The molecule has 0 aliphatic carbocycles. The summed E-state index contributed by atoms with van der Waals surface area (Å²) in [5.41, 5.74) is 4.64. The number of aliphatic imine (C=N–C) groups is 1. The molecule has 0 saturated heterocycles. The molecule has 0 spiro atoms. The highest BCUT2D eigenvalue weighted by Crippen LogP contribution is 2.34. The molecule has 2 aromatic carbocycles. The zero-order chi connectivity index (χ0) is 16.8. The van der Waals surface area contributed by atoms with E-state index in [1.165, 1.54) is 11.6 Å². The zero-order valence-electron chi connectivity index (χ0n) is 13.4. The number of rotatable bonds is 8. The molecule has 0 aromatic heterocycles. The first kappa shape index (κ1) is 16.1. The average Bonchev–Trinajstić information content (AvgIpc) is 3.43. The number of ether oxygens (including phenoxy) is 1. The van der Waals surface area contributed by atoms with E-state index in [2.05, 4.69) is 53.3 Å². The number of carbonyl (C=O) groups is 1. The molecule has 122 valence electrons. The SMILES string of the molecule is C=CC(=O)NCCOCc1ccc(C2=NC2c2ccccc2)cc1. The van der Waals surface area contributed by atoms with Crippen LogP contribution < -0.4 is 5.32 Å². The number of carbonyl (C=O) groups excluding carboxylic acids is 1. The highest BCUT2D eigenvalue weighted by molar-refractivity contribution is 6.13. The molecular formula is C20H20N2O2. The summed E-state index contributed by atoms with van der Waals surface area (Å²) in [5.74, 6) is -0.180. The number of hydrogen-bond acceptors (Lipinski definition) is 3. The fourth-order valence-corrected chi connectivity index (χ4v) is 2.48. The van der Waals surface area contributed by atoms with Gasteiger partial charge in [-0.1, -0.05) is 61.2 Å². The molecule has 1 unspecified atom stereocenters. The molecular weight excluding hydrogens is 300 g/mol. The van der Waals surface area contributed by atoms with Gasteiger partial charge in [-0.25, -0.2) is 0 Å². The summed E-state index contributed by atoms with van der Waals surface area (Å²) in [6.07, 6.45) is 1.25. The minimum atomic E-state index is -0.180. The van der Waals surface area contributed by atoms with Crippen molar-refractivity contribution in [2.75, 3.05) is 13.2 Å². The van der Waals surface area contributed by atoms with E-state index >= 15 is 0 Å². The van der Waals surface area contributed by atoms with Crippen molar-refractivity contribution < 1.29 is 9.53 Å². The lowest BCUT2D eigenvalue weighted by Crippen LogP contribution is -2.25. The lowest BCUT2D eigenvalue weighted by Gasteiger charge is -2.05. The Morgan fingerprint density at radius 2 is 1.92 bits per heavy atom. The minimum Gasteiger partial charge on any atom is -0.375 e. The summed E-state index contributed by atoms with van der Waals surface area (Å²) in [4.78, 5) is 15.6. The van der Waals surface area contributed by atoms with Crippen LogP contribution in [0.5, 0.6) is 0 Å². The fraction of sp³-hybridized carbons (Fsp3) is 0.200. The summed E-state index contributed by atoms with van der Waals surface area (Å²) in [5, 5.41) is 2.67. The van der Waals surface area contributed by atoms with Crippen LogP contribution in [0.25, 0.3) is 0 Å². The van der Waals surface area contributed by atoms with Gasteiger partial charge in [0.05, 0.1) is 18.9 Å². The summed E-state index contributed by atoms with van der Waals surface area (Å²) >= 11 is 0. The maximum Gasteiger partial charge on any atom is 0.243 e. The van der Waals surface area contributed by atoms with E-state index in [0.29, 0.717) is 19.8 Å². The summed E-state index contributed by atoms with van der Waals surface area (Å²) in [7, 11) is 0. The lowest BCUT2D eigenvalue weighted by molar-refractivity contribution is -0.116. The second-order valence-electron chi connectivity index (χ2n) is 5.57. The number of benzene rings is 2. The highest BCUT2D eigenvalue weighted by atomic mass is 16.5. The van der Waals surface area contributed by atoms with E-state index in [4.69, 9.17) is 4.74 Å². The molecule has 1 N–H and O–H groups in total. The van der Waals surface area contributed by atoms with Crippen LogP contribution >= 0.6 is 0 Å². The monoisotopic (exact) mass is 320 g/mol. The Balaban J connectivity index is 1.44. The summed E-state index contributed by atoms with van der Waals surface area (Å²) in [6, 6.07) is 18.8. The van der Waals surface area contributed by atoms with Gasteiger partial charge in [-0.3, -0.25) is 9.79 Å².